The minimum atomic E-state index is -3.73. The first-order chi connectivity index (χ1) is 11.8. The highest BCUT2D eigenvalue weighted by Crippen LogP contribution is 2.37. The molecule has 1 atom stereocenters. The molecule has 1 aliphatic heterocycles. The lowest BCUT2D eigenvalue weighted by Crippen LogP contribution is -2.33. The van der Waals surface area contributed by atoms with E-state index in [-0.39, 0.29) is 28.0 Å². The molecule has 0 unspecified atom stereocenters. The van der Waals surface area contributed by atoms with Crippen LogP contribution < -0.4 is 0 Å². The van der Waals surface area contributed by atoms with Crippen LogP contribution in [0.1, 0.15) is 28.7 Å². The van der Waals surface area contributed by atoms with E-state index in [2.05, 4.69) is 5.16 Å². The van der Waals surface area contributed by atoms with Crippen molar-refractivity contribution in [1.82, 2.24) is 9.46 Å². The number of aromatic nitrogens is 1. The van der Waals surface area contributed by atoms with Gasteiger partial charge in [-0.05, 0) is 38.5 Å². The third-order valence-electron chi connectivity index (χ3n) is 4.17. The third kappa shape index (κ3) is 3.58. The summed E-state index contributed by atoms with van der Waals surface area (Å²) in [7, 11) is -3.73. The largest absolute Gasteiger partial charge is 0.360 e. The highest BCUT2D eigenvalue weighted by Gasteiger charge is 2.33. The van der Waals surface area contributed by atoms with Gasteiger partial charge in [0.15, 0.2) is 5.76 Å². The number of sulfonamides is 1. The van der Waals surface area contributed by atoms with Crippen LogP contribution in [-0.2, 0) is 10.0 Å². The SMILES string of the molecule is Cc1noc(C)c1S(=O)(=O)N1CCS[C@H](c2cc(F)ccc2F)CC1. The number of nitrogens with zero attached hydrogens (tertiary/aromatic N) is 2. The van der Waals surface area contributed by atoms with Crippen LogP contribution in [-0.4, -0.2) is 36.7 Å². The fourth-order valence-corrected chi connectivity index (χ4v) is 6.08. The minimum absolute atomic E-state index is 0.0906. The van der Waals surface area contributed by atoms with Gasteiger partial charge in [0, 0.05) is 29.7 Å². The van der Waals surface area contributed by atoms with Crippen molar-refractivity contribution >= 4 is 21.8 Å². The van der Waals surface area contributed by atoms with Crippen molar-refractivity contribution in [3.8, 4) is 0 Å². The van der Waals surface area contributed by atoms with Crippen LogP contribution >= 0.6 is 11.8 Å². The second-order valence-electron chi connectivity index (χ2n) is 5.87. The molecular formula is C16H18F2N2O3S2. The predicted octanol–water partition coefficient (Wildman–Crippen LogP) is 3.44. The molecule has 0 N–H and O–H groups in total. The topological polar surface area (TPSA) is 63.4 Å². The van der Waals surface area contributed by atoms with Gasteiger partial charge >= 0.3 is 0 Å². The molecule has 0 amide bonds. The van der Waals surface area contributed by atoms with Crippen molar-refractivity contribution in [2.24, 2.45) is 0 Å². The van der Waals surface area contributed by atoms with Crippen LogP contribution in [0, 0.1) is 25.5 Å². The molecule has 1 aliphatic rings. The predicted molar refractivity (Wildman–Crippen MR) is 90.9 cm³/mol. The lowest BCUT2D eigenvalue weighted by molar-refractivity contribution is 0.388. The van der Waals surface area contributed by atoms with Crippen molar-refractivity contribution in [3.63, 3.8) is 0 Å². The summed E-state index contributed by atoms with van der Waals surface area (Å²) >= 11 is 1.43. The normalized spacial score (nSPS) is 19.8. The Morgan fingerprint density at radius 1 is 1.28 bits per heavy atom. The van der Waals surface area contributed by atoms with E-state index in [9.17, 15) is 17.2 Å². The van der Waals surface area contributed by atoms with E-state index < -0.39 is 21.7 Å². The van der Waals surface area contributed by atoms with Crippen molar-refractivity contribution in [2.45, 2.75) is 30.4 Å². The van der Waals surface area contributed by atoms with Gasteiger partial charge in [0.1, 0.15) is 22.2 Å². The van der Waals surface area contributed by atoms with E-state index >= 15 is 0 Å². The molecule has 2 aromatic rings. The second kappa shape index (κ2) is 7.05. The van der Waals surface area contributed by atoms with Gasteiger partial charge in [-0.1, -0.05) is 5.16 Å². The maximum atomic E-state index is 14.0. The molecule has 1 aromatic heterocycles. The van der Waals surface area contributed by atoms with Gasteiger partial charge in [0.25, 0.3) is 0 Å². The van der Waals surface area contributed by atoms with Crippen LogP contribution in [0.15, 0.2) is 27.6 Å². The summed E-state index contributed by atoms with van der Waals surface area (Å²) in [6.07, 6.45) is 0.396. The average molecular weight is 388 g/mol. The Hall–Kier alpha value is -1.45. The smallest absolute Gasteiger partial charge is 0.248 e. The highest BCUT2D eigenvalue weighted by molar-refractivity contribution is 7.99. The van der Waals surface area contributed by atoms with Gasteiger partial charge < -0.3 is 4.52 Å². The maximum Gasteiger partial charge on any atom is 0.248 e. The van der Waals surface area contributed by atoms with E-state index in [0.717, 1.165) is 12.1 Å². The number of halogens is 2. The molecule has 5 nitrogen and oxygen atoms in total. The Morgan fingerprint density at radius 3 is 2.72 bits per heavy atom. The molecular weight excluding hydrogens is 370 g/mol. The second-order valence-corrected chi connectivity index (χ2v) is 9.06. The average Bonchev–Trinajstić information content (AvgIpc) is 2.76. The molecule has 0 radical (unpaired) electrons. The molecule has 2 heterocycles. The fourth-order valence-electron chi connectivity index (χ4n) is 2.97. The van der Waals surface area contributed by atoms with E-state index in [1.165, 1.54) is 22.1 Å². The zero-order valence-corrected chi connectivity index (χ0v) is 15.5. The Labute approximate surface area is 149 Å². The summed E-state index contributed by atoms with van der Waals surface area (Å²) in [5.74, 6) is -0.229. The van der Waals surface area contributed by atoms with Crippen molar-refractivity contribution < 1.29 is 21.7 Å². The number of aryl methyl sites for hydroxylation is 2. The zero-order valence-electron chi connectivity index (χ0n) is 13.8. The molecule has 0 spiro atoms. The van der Waals surface area contributed by atoms with Crippen LogP contribution in [0.25, 0.3) is 0 Å². The Balaban J connectivity index is 1.83. The first kappa shape index (κ1) is 18.3. The Bertz CT molecular complexity index is 864. The molecule has 0 saturated carbocycles. The van der Waals surface area contributed by atoms with Crippen LogP contribution in [0.3, 0.4) is 0 Å². The van der Waals surface area contributed by atoms with Crippen molar-refractivity contribution in [1.29, 1.82) is 0 Å². The molecule has 1 aromatic carbocycles. The molecule has 0 aliphatic carbocycles. The number of rotatable bonds is 3. The molecule has 0 bridgehead atoms. The number of hydrogen-bond donors (Lipinski definition) is 0. The molecule has 25 heavy (non-hydrogen) atoms. The van der Waals surface area contributed by atoms with E-state index in [4.69, 9.17) is 4.52 Å². The molecule has 3 rings (SSSR count). The highest BCUT2D eigenvalue weighted by atomic mass is 32.2. The quantitative estimate of drug-likeness (QED) is 0.806. The minimum Gasteiger partial charge on any atom is -0.360 e. The summed E-state index contributed by atoms with van der Waals surface area (Å²) in [4.78, 5) is 0.0906. The fraction of sp³-hybridized carbons (Fsp3) is 0.438. The molecule has 136 valence electrons. The van der Waals surface area contributed by atoms with Gasteiger partial charge in [-0.15, -0.1) is 0 Å². The summed E-state index contributed by atoms with van der Waals surface area (Å²) in [6.45, 7) is 3.66. The summed E-state index contributed by atoms with van der Waals surface area (Å²) in [6, 6.07) is 3.37. The van der Waals surface area contributed by atoms with Crippen molar-refractivity contribution in [3.05, 3.63) is 46.9 Å². The first-order valence-corrected chi connectivity index (χ1v) is 10.3. The van der Waals surface area contributed by atoms with Crippen molar-refractivity contribution in [2.75, 3.05) is 18.8 Å². The number of benzene rings is 1. The molecule has 9 heteroatoms. The van der Waals surface area contributed by atoms with E-state index in [0.29, 0.717) is 24.4 Å². The molecule has 1 fully saturated rings. The number of hydrogen-bond acceptors (Lipinski definition) is 5. The van der Waals surface area contributed by atoms with Crippen LogP contribution in [0.4, 0.5) is 8.78 Å². The van der Waals surface area contributed by atoms with Crippen LogP contribution in [0.5, 0.6) is 0 Å². The zero-order chi connectivity index (χ0) is 18.2. The first-order valence-electron chi connectivity index (χ1n) is 7.80. The lowest BCUT2D eigenvalue weighted by atomic mass is 10.1. The monoisotopic (exact) mass is 388 g/mol. The lowest BCUT2D eigenvalue weighted by Gasteiger charge is -2.19. The summed E-state index contributed by atoms with van der Waals surface area (Å²) in [5, 5.41) is 3.42. The van der Waals surface area contributed by atoms with E-state index in [1.54, 1.807) is 13.8 Å². The van der Waals surface area contributed by atoms with Gasteiger partial charge in [-0.25, -0.2) is 17.2 Å². The Kier molecular flexibility index (Phi) is 5.17. The van der Waals surface area contributed by atoms with Gasteiger partial charge in [0.05, 0.1) is 0 Å². The van der Waals surface area contributed by atoms with Gasteiger partial charge in [-0.3, -0.25) is 0 Å². The summed E-state index contributed by atoms with van der Waals surface area (Å²) < 4.78 is 59.6. The van der Waals surface area contributed by atoms with E-state index in [1.807, 2.05) is 0 Å². The molecule has 1 saturated heterocycles. The van der Waals surface area contributed by atoms with Crippen LogP contribution in [0.2, 0.25) is 0 Å². The third-order valence-corrected chi connectivity index (χ3v) is 7.63. The van der Waals surface area contributed by atoms with Gasteiger partial charge in [0.2, 0.25) is 10.0 Å². The van der Waals surface area contributed by atoms with Gasteiger partial charge in [-0.2, -0.15) is 16.1 Å². The standard InChI is InChI=1S/C16H18F2N2O3S2/c1-10-16(11(2)23-19-10)25(21,22)20-6-5-15(24-8-7-20)13-9-12(17)3-4-14(13)18/h3-4,9,15H,5-8H2,1-2H3/t15-/m0/s1. The maximum absolute atomic E-state index is 14.0. The summed E-state index contributed by atoms with van der Waals surface area (Å²) in [5.41, 5.74) is 0.601. The number of thioether (sulfide) groups is 1. The Morgan fingerprint density at radius 2 is 2.04 bits per heavy atom.